The van der Waals surface area contributed by atoms with Crippen molar-refractivity contribution in [1.29, 1.82) is 0 Å². The summed E-state index contributed by atoms with van der Waals surface area (Å²) >= 11 is 0. The number of hydrogen-bond donors (Lipinski definition) is 5. The molecule has 0 aromatic carbocycles. The van der Waals surface area contributed by atoms with Gasteiger partial charge in [0, 0.05) is 6.54 Å². The Kier molecular flexibility index (Phi) is 7.86. The van der Waals surface area contributed by atoms with E-state index >= 15 is 0 Å². The number of alkyl carbamates (subject to hydrolysis) is 1. The summed E-state index contributed by atoms with van der Waals surface area (Å²) in [6.07, 6.45) is 0.244. The molecule has 1 rings (SSSR count). The molecule has 0 aliphatic carbocycles. The van der Waals surface area contributed by atoms with Crippen LogP contribution in [0.15, 0.2) is 0 Å². The Bertz CT molecular complexity index is 586. The number of amides is 3. The fraction of sp³-hybridized carbons (Fsp3) is 0.824. The monoisotopic (exact) mass is 402 g/mol. The van der Waals surface area contributed by atoms with E-state index in [-0.39, 0.29) is 0 Å². The molecule has 0 unspecified atom stereocenters. The molecular formula is C17H33BN3O7-. The summed E-state index contributed by atoms with van der Waals surface area (Å²) in [5.74, 6) is -2.74. The first-order valence-electron chi connectivity index (χ1n) is 9.55. The maximum atomic E-state index is 12.7. The summed E-state index contributed by atoms with van der Waals surface area (Å²) in [5, 5.41) is 33.4. The number of likely N-dealkylation sites (tertiary alicyclic amines) is 1. The fourth-order valence-electron chi connectivity index (χ4n) is 3.15. The van der Waals surface area contributed by atoms with Crippen molar-refractivity contribution >= 4 is 24.7 Å². The van der Waals surface area contributed by atoms with Gasteiger partial charge in [0.05, 0.1) is 0 Å². The lowest BCUT2D eigenvalue weighted by Gasteiger charge is -2.37. The van der Waals surface area contributed by atoms with Crippen LogP contribution in [0, 0.1) is 5.92 Å². The summed E-state index contributed by atoms with van der Waals surface area (Å²) in [6.45, 7) is 6.42. The smallest absolute Gasteiger partial charge is 0.408 e. The molecule has 3 atom stereocenters. The van der Waals surface area contributed by atoms with E-state index in [2.05, 4.69) is 10.6 Å². The third kappa shape index (κ3) is 6.95. The van der Waals surface area contributed by atoms with Gasteiger partial charge < -0.3 is 35.3 Å². The Labute approximate surface area is 165 Å². The van der Waals surface area contributed by atoms with Crippen LogP contribution in [-0.2, 0) is 14.3 Å². The molecule has 10 nitrogen and oxygen atoms in total. The zero-order valence-corrected chi connectivity index (χ0v) is 17.4. The molecule has 11 heteroatoms. The number of carbonyl (C=O) groups excluding carboxylic acids is 3. The normalized spacial score (nSPS) is 19.9. The zero-order valence-electron chi connectivity index (χ0n) is 17.4. The van der Waals surface area contributed by atoms with Gasteiger partial charge in [-0.1, -0.05) is 19.8 Å². The Morgan fingerprint density at radius 1 is 1.11 bits per heavy atom. The molecule has 0 saturated carbocycles. The lowest BCUT2D eigenvalue weighted by molar-refractivity contribution is -0.140. The molecule has 1 fully saturated rings. The van der Waals surface area contributed by atoms with Crippen LogP contribution in [-0.4, -0.2) is 74.8 Å². The van der Waals surface area contributed by atoms with Crippen LogP contribution in [0.3, 0.4) is 0 Å². The van der Waals surface area contributed by atoms with Crippen LogP contribution in [0.25, 0.3) is 0 Å². The average molecular weight is 402 g/mol. The fourth-order valence-corrected chi connectivity index (χ4v) is 3.15. The van der Waals surface area contributed by atoms with Crippen molar-refractivity contribution in [2.45, 2.75) is 78.0 Å². The van der Waals surface area contributed by atoms with Gasteiger partial charge >= 0.3 is 12.8 Å². The van der Waals surface area contributed by atoms with Gasteiger partial charge in [-0.15, -0.1) is 0 Å². The molecular weight excluding hydrogens is 369 g/mol. The summed E-state index contributed by atoms with van der Waals surface area (Å²) in [6, 6.07) is -1.73. The largest absolute Gasteiger partial charge is 0.558 e. The highest BCUT2D eigenvalue weighted by molar-refractivity contribution is 6.58. The van der Waals surface area contributed by atoms with Crippen LogP contribution in [0.5, 0.6) is 0 Å². The first kappa shape index (κ1) is 24.2. The maximum Gasteiger partial charge on any atom is 0.408 e. The van der Waals surface area contributed by atoms with Gasteiger partial charge in [0.15, 0.2) is 0 Å². The third-order valence-electron chi connectivity index (χ3n) is 4.45. The van der Waals surface area contributed by atoms with E-state index in [0.29, 0.717) is 19.4 Å². The maximum absolute atomic E-state index is 12.7. The molecule has 5 N–H and O–H groups in total. The first-order valence-corrected chi connectivity index (χ1v) is 9.55. The van der Waals surface area contributed by atoms with Crippen LogP contribution in [0.1, 0.15) is 54.4 Å². The van der Waals surface area contributed by atoms with Gasteiger partial charge in [-0.3, -0.25) is 9.59 Å². The van der Waals surface area contributed by atoms with Crippen LogP contribution in [0.2, 0.25) is 0 Å². The van der Waals surface area contributed by atoms with E-state index in [9.17, 15) is 29.5 Å². The molecule has 1 aliphatic heterocycles. The van der Waals surface area contributed by atoms with Gasteiger partial charge in [0.1, 0.15) is 17.7 Å². The van der Waals surface area contributed by atoms with Crippen molar-refractivity contribution < 1.29 is 34.2 Å². The van der Waals surface area contributed by atoms with Crippen LogP contribution < -0.4 is 10.6 Å². The average Bonchev–Trinajstić information content (AvgIpc) is 2.97. The molecule has 1 saturated heterocycles. The number of nitrogens with zero attached hydrogens (tertiary/aromatic N) is 1. The van der Waals surface area contributed by atoms with Crippen molar-refractivity contribution in [2.24, 2.45) is 5.92 Å². The second kappa shape index (κ2) is 9.10. The van der Waals surface area contributed by atoms with E-state index in [1.165, 1.54) is 11.8 Å². The number of nitrogens with one attached hydrogen (secondary N) is 2. The van der Waals surface area contributed by atoms with Crippen LogP contribution >= 0.6 is 0 Å². The topological polar surface area (TPSA) is 148 Å². The van der Waals surface area contributed by atoms with E-state index in [1.54, 1.807) is 34.6 Å². The van der Waals surface area contributed by atoms with Gasteiger partial charge in [-0.25, -0.2) is 4.79 Å². The highest BCUT2D eigenvalue weighted by Crippen LogP contribution is 2.20. The second-order valence-electron chi connectivity index (χ2n) is 8.63. The number of rotatable bonds is 6. The molecule has 0 spiro atoms. The molecule has 1 heterocycles. The molecule has 0 bridgehead atoms. The minimum Gasteiger partial charge on any atom is -0.558 e. The predicted octanol–water partition coefficient (Wildman–Crippen LogP) is -0.514. The lowest BCUT2D eigenvalue weighted by atomic mass is 9.65. The zero-order chi connectivity index (χ0) is 21.9. The lowest BCUT2D eigenvalue weighted by Crippen LogP contribution is -2.63. The number of ether oxygens (including phenoxy) is 1. The second-order valence-corrected chi connectivity index (χ2v) is 8.63. The van der Waals surface area contributed by atoms with Crippen molar-refractivity contribution in [3.63, 3.8) is 0 Å². The van der Waals surface area contributed by atoms with E-state index in [1.807, 2.05) is 0 Å². The number of hydrogen-bond acceptors (Lipinski definition) is 7. The van der Waals surface area contributed by atoms with E-state index in [4.69, 9.17) is 4.74 Å². The van der Waals surface area contributed by atoms with Crippen molar-refractivity contribution in [3.8, 4) is 0 Å². The molecule has 0 aromatic heterocycles. The van der Waals surface area contributed by atoms with Crippen molar-refractivity contribution in [3.05, 3.63) is 0 Å². The third-order valence-corrected chi connectivity index (χ3v) is 4.45. The van der Waals surface area contributed by atoms with E-state index in [0.717, 1.165) is 0 Å². The number of carbonyl (C=O) groups is 3. The quantitative estimate of drug-likeness (QED) is 0.376. The van der Waals surface area contributed by atoms with Gasteiger partial charge in [-0.2, -0.15) is 0 Å². The Morgan fingerprint density at radius 3 is 2.14 bits per heavy atom. The van der Waals surface area contributed by atoms with Crippen molar-refractivity contribution in [1.82, 2.24) is 15.5 Å². The Morgan fingerprint density at radius 2 is 1.68 bits per heavy atom. The van der Waals surface area contributed by atoms with Crippen LogP contribution in [0.4, 0.5) is 4.79 Å². The van der Waals surface area contributed by atoms with Gasteiger partial charge in [-0.05, 0) is 46.5 Å². The first-order chi connectivity index (χ1) is 12.6. The Balaban J connectivity index is 2.78. The molecule has 162 valence electrons. The molecule has 1 aliphatic rings. The summed E-state index contributed by atoms with van der Waals surface area (Å²) in [4.78, 5) is 38.5. The standard InChI is InChI=1S/C17H33BN3O7/c1-10(2)13(18(25,26)27)20-14(22)12-8-7-9-21(12)15(23)11(3)19-16(24)28-17(4,5)6/h10-13,25-27H,7-9H2,1-6H3,(H,19,24)(H,20,22)/q-1/t11-,12-,13-/m0/s1. The molecule has 3 amide bonds. The SMILES string of the molecule is CC(C)[C@H](NC(=O)[C@@H]1CCCN1C(=O)[C@H](C)NC(=O)OC(C)(C)C)[B-](O)(O)O. The summed E-state index contributed by atoms with van der Waals surface area (Å²) < 4.78 is 5.13. The highest BCUT2D eigenvalue weighted by Gasteiger charge is 2.39. The molecule has 28 heavy (non-hydrogen) atoms. The minimum atomic E-state index is -3.76. The van der Waals surface area contributed by atoms with E-state index < -0.39 is 54.2 Å². The summed E-state index contributed by atoms with van der Waals surface area (Å²) in [7, 11) is 0. The summed E-state index contributed by atoms with van der Waals surface area (Å²) in [5.41, 5.74) is -0.706. The van der Waals surface area contributed by atoms with Gasteiger partial charge in [0.25, 0.3) is 0 Å². The Hall–Kier alpha value is -1.85. The van der Waals surface area contributed by atoms with Gasteiger partial charge in [0.2, 0.25) is 11.8 Å². The molecule has 0 aromatic rings. The highest BCUT2D eigenvalue weighted by atomic mass is 16.6. The van der Waals surface area contributed by atoms with Crippen molar-refractivity contribution in [2.75, 3.05) is 6.54 Å². The minimum absolute atomic E-state index is 0.331. The predicted molar refractivity (Wildman–Crippen MR) is 103 cm³/mol. The molecule has 0 radical (unpaired) electrons.